The Labute approximate surface area is 91.3 Å². The fourth-order valence-electron chi connectivity index (χ4n) is 1.74. The van der Waals surface area contributed by atoms with Crippen LogP contribution in [0.15, 0.2) is 4.99 Å². The summed E-state index contributed by atoms with van der Waals surface area (Å²) >= 11 is 1.35. The van der Waals surface area contributed by atoms with E-state index in [0.29, 0.717) is 5.17 Å². The summed E-state index contributed by atoms with van der Waals surface area (Å²) in [6, 6.07) is -0.369. The van der Waals surface area contributed by atoms with E-state index in [2.05, 4.69) is 10.3 Å². The molecule has 0 amide bonds. The molecule has 7 heteroatoms. The van der Waals surface area contributed by atoms with E-state index in [1.165, 1.54) is 11.8 Å². The first kappa shape index (κ1) is 11.2. The van der Waals surface area contributed by atoms with E-state index in [0.717, 1.165) is 0 Å². The van der Waals surface area contributed by atoms with Crippen LogP contribution in [0.4, 0.5) is 0 Å². The minimum atomic E-state index is -1.07. The maximum atomic E-state index is 9.79. The molecule has 2 saturated heterocycles. The van der Waals surface area contributed by atoms with E-state index < -0.39 is 18.3 Å². The minimum absolute atomic E-state index is 0.305. The fraction of sp³-hybridized carbons (Fsp3) is 0.875. The van der Waals surface area contributed by atoms with Gasteiger partial charge in [0.2, 0.25) is 0 Å². The van der Waals surface area contributed by atoms with Gasteiger partial charge in [-0.3, -0.25) is 4.99 Å². The van der Waals surface area contributed by atoms with Crippen LogP contribution in [0.5, 0.6) is 0 Å². The quantitative estimate of drug-likeness (QED) is 0.424. The van der Waals surface area contributed by atoms with E-state index in [4.69, 9.17) is 9.84 Å². The number of amidine groups is 1. The second kappa shape index (κ2) is 4.26. The van der Waals surface area contributed by atoms with Crippen molar-refractivity contribution in [3.63, 3.8) is 0 Å². The Bertz CT molecular complexity index is 275. The SMILES string of the molecule is CN=C1N[C@H]2[C@@H](O)[C@H](O)[C@@H](CO)O[C@H]2S1. The molecule has 2 rings (SSSR count). The molecule has 0 aromatic rings. The number of nitrogens with zero attached hydrogens (tertiary/aromatic N) is 1. The third-order valence-electron chi connectivity index (χ3n) is 2.60. The van der Waals surface area contributed by atoms with Gasteiger partial charge in [-0.2, -0.15) is 0 Å². The number of aliphatic imine (C=N–C) groups is 1. The number of fused-ring (bicyclic) bond motifs is 1. The lowest BCUT2D eigenvalue weighted by Gasteiger charge is -2.38. The van der Waals surface area contributed by atoms with Gasteiger partial charge < -0.3 is 25.4 Å². The largest absolute Gasteiger partial charge is 0.394 e. The van der Waals surface area contributed by atoms with Crippen LogP contribution in [0.2, 0.25) is 0 Å². The molecule has 2 aliphatic heterocycles. The third kappa shape index (κ3) is 1.85. The van der Waals surface area contributed by atoms with Gasteiger partial charge in [0.05, 0.1) is 12.6 Å². The number of hydrogen-bond acceptors (Lipinski definition) is 6. The predicted octanol–water partition coefficient (Wildman–Crippen LogP) is -1.88. The molecule has 2 heterocycles. The van der Waals surface area contributed by atoms with Gasteiger partial charge >= 0.3 is 0 Å². The summed E-state index contributed by atoms with van der Waals surface area (Å²) in [6.45, 7) is -0.305. The zero-order chi connectivity index (χ0) is 11.0. The fourth-order valence-corrected chi connectivity index (χ4v) is 2.84. The highest BCUT2D eigenvalue weighted by Gasteiger charge is 2.48. The normalized spacial score (nSPS) is 47.7. The van der Waals surface area contributed by atoms with Gasteiger partial charge in [-0.15, -0.1) is 0 Å². The molecule has 0 spiro atoms. The van der Waals surface area contributed by atoms with Gasteiger partial charge in [-0.1, -0.05) is 11.8 Å². The zero-order valence-electron chi connectivity index (χ0n) is 8.20. The highest BCUT2D eigenvalue weighted by molar-refractivity contribution is 8.14. The van der Waals surface area contributed by atoms with Gasteiger partial charge in [-0.25, -0.2) is 0 Å². The Morgan fingerprint density at radius 1 is 1.47 bits per heavy atom. The molecule has 0 bridgehead atoms. The molecule has 5 atom stereocenters. The molecule has 0 saturated carbocycles. The number of hydrogen-bond donors (Lipinski definition) is 4. The van der Waals surface area contributed by atoms with Crippen molar-refractivity contribution < 1.29 is 20.1 Å². The van der Waals surface area contributed by atoms with Gasteiger partial charge in [0, 0.05) is 7.05 Å². The van der Waals surface area contributed by atoms with Gasteiger partial charge in [0.1, 0.15) is 23.7 Å². The van der Waals surface area contributed by atoms with Crippen molar-refractivity contribution in [2.24, 2.45) is 4.99 Å². The summed E-state index contributed by atoms with van der Waals surface area (Å²) in [5.74, 6) is 0. The molecule has 2 fully saturated rings. The summed E-state index contributed by atoms with van der Waals surface area (Å²) < 4.78 is 5.43. The summed E-state index contributed by atoms with van der Waals surface area (Å²) in [7, 11) is 1.64. The Hall–Kier alpha value is -0.340. The molecule has 0 aromatic heterocycles. The first-order valence-electron chi connectivity index (χ1n) is 4.69. The van der Waals surface area contributed by atoms with E-state index in [-0.39, 0.29) is 18.1 Å². The summed E-state index contributed by atoms with van der Waals surface area (Å²) in [5.41, 5.74) is -0.306. The van der Waals surface area contributed by atoms with Crippen LogP contribution in [0.1, 0.15) is 0 Å². The van der Waals surface area contributed by atoms with Crippen molar-refractivity contribution in [3.05, 3.63) is 0 Å². The monoisotopic (exact) mass is 234 g/mol. The zero-order valence-corrected chi connectivity index (χ0v) is 9.02. The number of aliphatic hydroxyl groups excluding tert-OH is 3. The van der Waals surface area contributed by atoms with Crippen LogP contribution >= 0.6 is 11.8 Å². The van der Waals surface area contributed by atoms with E-state index in [9.17, 15) is 10.2 Å². The molecular formula is C8H14N2O4S. The highest BCUT2D eigenvalue weighted by Crippen LogP contribution is 2.33. The van der Waals surface area contributed by atoms with Crippen LogP contribution in [0.25, 0.3) is 0 Å². The molecule has 0 unspecified atom stereocenters. The van der Waals surface area contributed by atoms with Crippen LogP contribution in [0.3, 0.4) is 0 Å². The van der Waals surface area contributed by atoms with E-state index in [1.54, 1.807) is 7.05 Å². The first-order valence-corrected chi connectivity index (χ1v) is 5.57. The van der Waals surface area contributed by atoms with E-state index in [1.807, 2.05) is 0 Å². The van der Waals surface area contributed by atoms with Crippen molar-refractivity contribution in [3.8, 4) is 0 Å². The van der Waals surface area contributed by atoms with Gasteiger partial charge in [-0.05, 0) is 0 Å². The predicted molar refractivity (Wildman–Crippen MR) is 55.6 cm³/mol. The molecule has 15 heavy (non-hydrogen) atoms. The number of rotatable bonds is 1. The van der Waals surface area contributed by atoms with Crippen LogP contribution in [0, 0.1) is 0 Å². The number of aliphatic hydroxyl groups is 3. The second-order valence-electron chi connectivity index (χ2n) is 3.52. The highest BCUT2D eigenvalue weighted by atomic mass is 32.2. The van der Waals surface area contributed by atoms with Crippen molar-refractivity contribution in [1.29, 1.82) is 0 Å². The second-order valence-corrected chi connectivity index (χ2v) is 4.61. The standard InChI is InChI=1S/C8H14N2O4S/c1-9-8-10-4-6(13)5(12)3(2-11)14-7(4)15-8/h3-7,11-13H,2H2,1H3,(H,9,10)/t3-,4+,5-,6-,7+/m1/s1. The summed E-state index contributed by atoms with van der Waals surface area (Å²) in [5, 5.41) is 32.0. The first-order chi connectivity index (χ1) is 7.17. The molecule has 6 nitrogen and oxygen atoms in total. The Balaban J connectivity index is 2.13. The van der Waals surface area contributed by atoms with Crippen LogP contribution in [-0.2, 0) is 4.74 Å². The Kier molecular flexibility index (Phi) is 3.17. The molecular weight excluding hydrogens is 220 g/mol. The molecule has 86 valence electrons. The topological polar surface area (TPSA) is 94.3 Å². The molecule has 4 N–H and O–H groups in total. The number of nitrogens with one attached hydrogen (secondary N) is 1. The van der Waals surface area contributed by atoms with Gasteiger partial charge in [0.15, 0.2) is 5.17 Å². The van der Waals surface area contributed by atoms with Crippen molar-refractivity contribution in [2.45, 2.75) is 29.8 Å². The smallest absolute Gasteiger partial charge is 0.159 e. The third-order valence-corrected chi connectivity index (χ3v) is 3.76. The summed E-state index contributed by atoms with van der Waals surface area (Å²) in [4.78, 5) is 3.96. The number of thioether (sulfide) groups is 1. The molecule has 0 aliphatic carbocycles. The summed E-state index contributed by atoms with van der Waals surface area (Å²) in [6.07, 6.45) is -2.75. The average Bonchev–Trinajstić information content (AvgIpc) is 2.66. The lowest BCUT2D eigenvalue weighted by Crippen LogP contribution is -2.59. The Morgan fingerprint density at radius 3 is 2.80 bits per heavy atom. The molecule has 0 aromatic carbocycles. The number of ether oxygens (including phenoxy) is 1. The molecule has 2 aliphatic rings. The van der Waals surface area contributed by atoms with E-state index >= 15 is 0 Å². The van der Waals surface area contributed by atoms with Crippen molar-refractivity contribution in [2.75, 3.05) is 13.7 Å². The van der Waals surface area contributed by atoms with Crippen LogP contribution < -0.4 is 5.32 Å². The maximum absolute atomic E-state index is 9.79. The van der Waals surface area contributed by atoms with Crippen molar-refractivity contribution >= 4 is 16.9 Å². The van der Waals surface area contributed by atoms with Crippen molar-refractivity contribution in [1.82, 2.24) is 5.32 Å². The Morgan fingerprint density at radius 2 is 2.20 bits per heavy atom. The maximum Gasteiger partial charge on any atom is 0.159 e. The van der Waals surface area contributed by atoms with Crippen LogP contribution in [-0.4, -0.2) is 63.9 Å². The minimum Gasteiger partial charge on any atom is -0.394 e. The molecule has 0 radical (unpaired) electrons. The lowest BCUT2D eigenvalue weighted by molar-refractivity contribution is -0.167. The average molecular weight is 234 g/mol. The van der Waals surface area contributed by atoms with Gasteiger partial charge in [0.25, 0.3) is 0 Å². The lowest BCUT2D eigenvalue weighted by atomic mass is 9.98.